The van der Waals surface area contributed by atoms with Gasteiger partial charge in [0, 0.05) is 18.8 Å². The number of aryl methyl sites for hydroxylation is 1. The molecule has 2 aromatic rings. The minimum Gasteiger partial charge on any atom is -0.493 e. The van der Waals surface area contributed by atoms with Crippen LogP contribution in [-0.2, 0) is 14.8 Å². The molecule has 0 aromatic heterocycles. The summed E-state index contributed by atoms with van der Waals surface area (Å²) >= 11 is 0. The SMILES string of the molecule is COc1ccc(NC(=O)CN(C)S(=O)(=O)c2ccc(C)cc2)cc1OC. The van der Waals surface area contributed by atoms with Gasteiger partial charge in [-0.15, -0.1) is 0 Å². The highest BCUT2D eigenvalue weighted by Gasteiger charge is 2.23. The Kier molecular flexibility index (Phi) is 6.23. The summed E-state index contributed by atoms with van der Waals surface area (Å²) < 4.78 is 36.4. The fourth-order valence-electron chi connectivity index (χ4n) is 2.29. The molecule has 0 aliphatic rings. The third kappa shape index (κ3) is 4.53. The zero-order valence-electron chi connectivity index (χ0n) is 15.1. The molecule has 0 aliphatic heterocycles. The van der Waals surface area contributed by atoms with E-state index in [1.54, 1.807) is 30.3 Å². The molecule has 26 heavy (non-hydrogen) atoms. The van der Waals surface area contributed by atoms with E-state index in [-0.39, 0.29) is 11.4 Å². The van der Waals surface area contributed by atoms with Crippen LogP contribution in [0.2, 0.25) is 0 Å². The monoisotopic (exact) mass is 378 g/mol. The lowest BCUT2D eigenvalue weighted by atomic mass is 10.2. The Labute approximate surface area is 153 Å². The maximum atomic E-state index is 12.5. The van der Waals surface area contributed by atoms with Gasteiger partial charge in [0.25, 0.3) is 0 Å². The van der Waals surface area contributed by atoms with Crippen molar-refractivity contribution in [2.45, 2.75) is 11.8 Å². The average molecular weight is 378 g/mol. The number of sulfonamides is 1. The van der Waals surface area contributed by atoms with Crippen molar-refractivity contribution in [3.05, 3.63) is 48.0 Å². The van der Waals surface area contributed by atoms with E-state index in [2.05, 4.69) is 5.32 Å². The summed E-state index contributed by atoms with van der Waals surface area (Å²) in [6.45, 7) is 1.56. The van der Waals surface area contributed by atoms with Gasteiger partial charge >= 0.3 is 0 Å². The van der Waals surface area contributed by atoms with Crippen molar-refractivity contribution >= 4 is 21.6 Å². The second kappa shape index (κ2) is 8.20. The number of nitrogens with zero attached hydrogens (tertiary/aromatic N) is 1. The maximum Gasteiger partial charge on any atom is 0.243 e. The van der Waals surface area contributed by atoms with Crippen LogP contribution in [0.25, 0.3) is 0 Å². The smallest absolute Gasteiger partial charge is 0.243 e. The number of hydrogen-bond donors (Lipinski definition) is 1. The lowest BCUT2D eigenvalue weighted by molar-refractivity contribution is -0.116. The van der Waals surface area contributed by atoms with Gasteiger partial charge in [-0.2, -0.15) is 4.31 Å². The van der Waals surface area contributed by atoms with Crippen molar-refractivity contribution < 1.29 is 22.7 Å². The van der Waals surface area contributed by atoms with Gasteiger partial charge in [0.05, 0.1) is 25.7 Å². The van der Waals surface area contributed by atoms with Crippen LogP contribution in [0.1, 0.15) is 5.56 Å². The fraction of sp³-hybridized carbons (Fsp3) is 0.278. The van der Waals surface area contributed by atoms with Gasteiger partial charge in [-0.25, -0.2) is 8.42 Å². The molecule has 140 valence electrons. The number of carbonyl (C=O) groups excluding carboxylic acids is 1. The van der Waals surface area contributed by atoms with Gasteiger partial charge in [0.2, 0.25) is 15.9 Å². The molecule has 1 amide bonds. The molecule has 0 fully saturated rings. The molecule has 0 spiro atoms. The lowest BCUT2D eigenvalue weighted by Gasteiger charge is -2.17. The quantitative estimate of drug-likeness (QED) is 0.799. The number of rotatable bonds is 7. The van der Waals surface area contributed by atoms with E-state index in [0.29, 0.717) is 17.2 Å². The highest BCUT2D eigenvalue weighted by molar-refractivity contribution is 7.89. The summed E-state index contributed by atoms with van der Waals surface area (Å²) in [7, 11) is 0.632. The van der Waals surface area contributed by atoms with Crippen molar-refractivity contribution in [1.29, 1.82) is 0 Å². The second-order valence-corrected chi connectivity index (χ2v) is 7.74. The van der Waals surface area contributed by atoms with Crippen LogP contribution in [0.3, 0.4) is 0 Å². The molecule has 0 aliphatic carbocycles. The van der Waals surface area contributed by atoms with Crippen LogP contribution in [0.5, 0.6) is 11.5 Å². The Morgan fingerprint density at radius 2 is 1.65 bits per heavy atom. The summed E-state index contributed by atoms with van der Waals surface area (Å²) in [5, 5.41) is 2.65. The van der Waals surface area contributed by atoms with Crippen LogP contribution in [0, 0.1) is 6.92 Å². The summed E-state index contributed by atoms with van der Waals surface area (Å²) in [5.74, 6) is 0.533. The van der Waals surface area contributed by atoms with E-state index in [9.17, 15) is 13.2 Å². The van der Waals surface area contributed by atoms with Crippen LogP contribution < -0.4 is 14.8 Å². The zero-order valence-corrected chi connectivity index (χ0v) is 16.0. The number of carbonyl (C=O) groups is 1. The Morgan fingerprint density at radius 1 is 1.04 bits per heavy atom. The van der Waals surface area contributed by atoms with E-state index < -0.39 is 15.9 Å². The normalized spacial score (nSPS) is 11.3. The van der Waals surface area contributed by atoms with Crippen LogP contribution >= 0.6 is 0 Å². The molecule has 0 atom stereocenters. The van der Waals surface area contributed by atoms with Gasteiger partial charge in [-0.1, -0.05) is 17.7 Å². The van der Waals surface area contributed by atoms with Gasteiger partial charge in [-0.05, 0) is 31.2 Å². The summed E-state index contributed by atoms with van der Waals surface area (Å²) in [5.41, 5.74) is 1.44. The van der Waals surface area contributed by atoms with Crippen LogP contribution in [0.15, 0.2) is 47.4 Å². The first-order valence-corrected chi connectivity index (χ1v) is 9.27. The first-order valence-electron chi connectivity index (χ1n) is 7.83. The zero-order chi connectivity index (χ0) is 19.3. The predicted octanol–water partition coefficient (Wildman–Crippen LogP) is 2.27. The number of benzene rings is 2. The van der Waals surface area contributed by atoms with Crippen molar-refractivity contribution in [1.82, 2.24) is 4.31 Å². The van der Waals surface area contributed by atoms with E-state index in [1.165, 1.54) is 33.4 Å². The third-order valence-corrected chi connectivity index (χ3v) is 5.58. The highest BCUT2D eigenvalue weighted by atomic mass is 32.2. The molecule has 1 N–H and O–H groups in total. The van der Waals surface area contributed by atoms with Gasteiger partial charge in [-0.3, -0.25) is 4.79 Å². The minimum atomic E-state index is -3.74. The topological polar surface area (TPSA) is 84.9 Å². The number of amides is 1. The van der Waals surface area contributed by atoms with Crippen LogP contribution in [0.4, 0.5) is 5.69 Å². The van der Waals surface area contributed by atoms with Crippen molar-refractivity contribution in [3.63, 3.8) is 0 Å². The first-order chi connectivity index (χ1) is 12.3. The number of nitrogens with one attached hydrogen (secondary N) is 1. The number of hydrogen-bond acceptors (Lipinski definition) is 5. The summed E-state index contributed by atoms with van der Waals surface area (Å²) in [4.78, 5) is 12.4. The minimum absolute atomic E-state index is 0.143. The molecular formula is C18H22N2O5S. The number of methoxy groups -OCH3 is 2. The van der Waals surface area contributed by atoms with Crippen LogP contribution in [-0.4, -0.2) is 46.4 Å². The molecule has 0 radical (unpaired) electrons. The Hall–Kier alpha value is -2.58. The summed E-state index contributed by atoms with van der Waals surface area (Å²) in [6.07, 6.45) is 0. The molecule has 0 bridgehead atoms. The van der Waals surface area contributed by atoms with E-state index >= 15 is 0 Å². The molecule has 0 unspecified atom stereocenters. The number of likely N-dealkylation sites (N-methyl/N-ethyl adjacent to an activating group) is 1. The van der Waals surface area contributed by atoms with Crippen molar-refractivity contribution in [2.75, 3.05) is 33.1 Å². The molecule has 7 nitrogen and oxygen atoms in total. The number of ether oxygens (including phenoxy) is 2. The van der Waals surface area contributed by atoms with Gasteiger partial charge in [0.1, 0.15) is 0 Å². The van der Waals surface area contributed by atoms with E-state index in [1.807, 2.05) is 6.92 Å². The Balaban J connectivity index is 2.08. The number of anilines is 1. The molecule has 0 saturated carbocycles. The average Bonchev–Trinajstić information content (AvgIpc) is 2.61. The first kappa shape index (κ1) is 19.7. The highest BCUT2D eigenvalue weighted by Crippen LogP contribution is 2.29. The second-order valence-electron chi connectivity index (χ2n) is 5.69. The fourth-order valence-corrected chi connectivity index (χ4v) is 3.42. The predicted molar refractivity (Wildman–Crippen MR) is 99.2 cm³/mol. The summed E-state index contributed by atoms with van der Waals surface area (Å²) in [6, 6.07) is 11.4. The Bertz CT molecular complexity index is 879. The third-order valence-electron chi connectivity index (χ3n) is 3.76. The van der Waals surface area contributed by atoms with E-state index in [4.69, 9.17) is 9.47 Å². The van der Waals surface area contributed by atoms with E-state index in [0.717, 1.165) is 9.87 Å². The van der Waals surface area contributed by atoms with Crippen molar-refractivity contribution in [3.8, 4) is 11.5 Å². The molecule has 0 saturated heterocycles. The van der Waals surface area contributed by atoms with Gasteiger partial charge < -0.3 is 14.8 Å². The van der Waals surface area contributed by atoms with Gasteiger partial charge in [0.15, 0.2) is 11.5 Å². The molecule has 8 heteroatoms. The lowest BCUT2D eigenvalue weighted by Crippen LogP contribution is -2.34. The largest absolute Gasteiger partial charge is 0.493 e. The maximum absolute atomic E-state index is 12.5. The molecular weight excluding hydrogens is 356 g/mol. The molecule has 0 heterocycles. The standard InChI is InChI=1S/C18H22N2O5S/c1-13-5-8-15(9-6-13)26(22,23)20(2)12-18(21)19-14-7-10-16(24-3)17(11-14)25-4/h5-11H,12H2,1-4H3,(H,19,21). The molecule has 2 rings (SSSR count). The molecule has 2 aromatic carbocycles. The van der Waals surface area contributed by atoms with Crippen molar-refractivity contribution in [2.24, 2.45) is 0 Å². The Morgan fingerprint density at radius 3 is 2.23 bits per heavy atom.